The van der Waals surface area contributed by atoms with Crippen LogP contribution in [0.15, 0.2) is 72.9 Å². The number of benzene rings is 3. The molecule has 0 radical (unpaired) electrons. The van der Waals surface area contributed by atoms with Crippen molar-refractivity contribution in [2.45, 2.75) is 51.2 Å². The molecule has 4 amide bonds. The second kappa shape index (κ2) is 15.1. The molecule has 268 valence electrons. The molecule has 2 bridgehead atoms. The Bertz CT molecular complexity index is 2070. The summed E-state index contributed by atoms with van der Waals surface area (Å²) in [5.74, 6) is 1.56. The number of hydrogen-bond donors (Lipinski definition) is 4. The summed E-state index contributed by atoms with van der Waals surface area (Å²) in [4.78, 5) is 67.7. The minimum atomic E-state index is -0.645. The molecule has 13 heteroatoms. The topological polar surface area (TPSA) is 165 Å². The summed E-state index contributed by atoms with van der Waals surface area (Å²) in [6, 6.07) is 22.9. The van der Waals surface area contributed by atoms with Crippen LogP contribution in [0.3, 0.4) is 0 Å². The van der Waals surface area contributed by atoms with Gasteiger partial charge in [0, 0.05) is 12.6 Å². The molecule has 1 saturated heterocycles. The van der Waals surface area contributed by atoms with Crippen molar-refractivity contribution in [3.63, 3.8) is 0 Å². The van der Waals surface area contributed by atoms with Crippen molar-refractivity contribution in [1.82, 2.24) is 40.4 Å². The van der Waals surface area contributed by atoms with Gasteiger partial charge in [-0.25, -0.2) is 14.8 Å². The Morgan fingerprint density at radius 3 is 2.33 bits per heavy atom. The van der Waals surface area contributed by atoms with Crippen LogP contribution in [0.5, 0.6) is 0 Å². The van der Waals surface area contributed by atoms with Crippen LogP contribution < -0.4 is 10.6 Å². The summed E-state index contributed by atoms with van der Waals surface area (Å²) in [7, 11) is 1.26. The first kappa shape index (κ1) is 34.5. The number of likely N-dealkylation sites (tertiary alicyclic amines) is 1. The van der Waals surface area contributed by atoms with Gasteiger partial charge in [0.25, 0.3) is 0 Å². The third-order valence-corrected chi connectivity index (χ3v) is 10.1. The first-order valence-electron chi connectivity index (χ1n) is 17.7. The normalized spacial score (nSPS) is 17.7. The number of piperidine rings is 1. The summed E-state index contributed by atoms with van der Waals surface area (Å²) < 4.78 is 4.57. The average Bonchev–Trinajstić information content (AvgIpc) is 4.00. The Kier molecular flexibility index (Phi) is 10.0. The van der Waals surface area contributed by atoms with E-state index in [1.807, 2.05) is 30.2 Å². The van der Waals surface area contributed by atoms with Gasteiger partial charge in [0.05, 0.1) is 49.2 Å². The number of rotatable bonds is 13. The molecule has 3 aromatic carbocycles. The molecule has 13 nitrogen and oxygen atoms in total. The molecule has 2 fully saturated rings. The monoisotopic (exact) mass is 702 g/mol. The van der Waals surface area contributed by atoms with Crippen molar-refractivity contribution in [2.24, 2.45) is 5.92 Å². The fraction of sp³-hybridized carbons (Fsp3) is 0.333. The highest BCUT2D eigenvalue weighted by atomic mass is 16.5. The summed E-state index contributed by atoms with van der Waals surface area (Å²) in [6.45, 7) is 2.69. The van der Waals surface area contributed by atoms with Crippen molar-refractivity contribution in [3.8, 4) is 33.5 Å². The third-order valence-electron chi connectivity index (χ3n) is 10.1. The second-order valence-electron chi connectivity index (χ2n) is 13.4. The largest absolute Gasteiger partial charge is 0.453 e. The molecule has 52 heavy (non-hydrogen) atoms. The van der Waals surface area contributed by atoms with Crippen LogP contribution in [0.2, 0.25) is 0 Å². The lowest BCUT2D eigenvalue weighted by Gasteiger charge is -2.34. The molecule has 1 aliphatic heterocycles. The Labute approximate surface area is 301 Å². The first-order valence-corrected chi connectivity index (χ1v) is 17.7. The second-order valence-corrected chi connectivity index (χ2v) is 13.4. The lowest BCUT2D eigenvalue weighted by Crippen LogP contribution is -2.44. The number of ether oxygens (including phenoxy) is 1. The average molecular weight is 703 g/mol. The van der Waals surface area contributed by atoms with Crippen LogP contribution in [-0.2, 0) is 25.7 Å². The van der Waals surface area contributed by atoms with Gasteiger partial charge in [-0.1, -0.05) is 61.5 Å². The van der Waals surface area contributed by atoms with Crippen LogP contribution in [-0.4, -0.2) is 86.8 Å². The van der Waals surface area contributed by atoms with Gasteiger partial charge in [-0.2, -0.15) is 0 Å². The Balaban J connectivity index is 1.01. The van der Waals surface area contributed by atoms with Gasteiger partial charge in [0.15, 0.2) is 0 Å². The molecule has 7 rings (SSSR count). The minimum Gasteiger partial charge on any atom is -0.453 e. The Morgan fingerprint density at radius 1 is 0.942 bits per heavy atom. The van der Waals surface area contributed by atoms with E-state index in [0.717, 1.165) is 76.1 Å². The zero-order valence-corrected chi connectivity index (χ0v) is 29.2. The van der Waals surface area contributed by atoms with Crippen LogP contribution in [0.1, 0.15) is 50.3 Å². The van der Waals surface area contributed by atoms with Gasteiger partial charge in [-0.3, -0.25) is 14.4 Å². The third kappa shape index (κ3) is 7.11. The lowest BCUT2D eigenvalue weighted by atomic mass is 9.98. The maximum atomic E-state index is 12.9. The van der Waals surface area contributed by atoms with E-state index in [-0.39, 0.29) is 37.0 Å². The van der Waals surface area contributed by atoms with Gasteiger partial charge < -0.3 is 35.1 Å². The van der Waals surface area contributed by atoms with E-state index in [0.29, 0.717) is 31.2 Å². The number of fused-ring (bicyclic) bond motifs is 3. The molecular formula is C39H42N8O5. The van der Waals surface area contributed by atoms with E-state index in [4.69, 9.17) is 9.97 Å². The number of amides is 4. The summed E-state index contributed by atoms with van der Waals surface area (Å²) in [5.41, 5.74) is 7.88. The van der Waals surface area contributed by atoms with E-state index in [2.05, 4.69) is 79.9 Å². The standard InChI is InChI=1S/C39H42N8O5/c1-3-16-46(35(49)21-42-39(51)52-2)22-34-43-31-15-13-28(18-32(31)44-34)26-6-4-24(5-7-26)25-8-10-27(11-9-25)33-19-41-38(45-33)37-29-12-14-30(17-29)47(37)36(50)20-40-23-48/h4-11,13,15,18-19,23,29-30,37H,3,12,14,16-17,20-22H2,1-2H3,(H,40,48)(H,41,45)(H,42,51)(H,43,44)/t29-,30+,37-/m0/s1. The quantitative estimate of drug-likeness (QED) is 0.123. The molecule has 1 saturated carbocycles. The van der Waals surface area contributed by atoms with Gasteiger partial charge in [0.2, 0.25) is 18.2 Å². The van der Waals surface area contributed by atoms with Crippen molar-refractivity contribution in [1.29, 1.82) is 0 Å². The number of nitrogens with zero attached hydrogens (tertiary/aromatic N) is 4. The maximum absolute atomic E-state index is 12.9. The number of nitrogens with one attached hydrogen (secondary N) is 4. The van der Waals surface area contributed by atoms with Gasteiger partial charge >= 0.3 is 6.09 Å². The van der Waals surface area contributed by atoms with Crippen LogP contribution in [0.25, 0.3) is 44.5 Å². The Hall–Kier alpha value is -5.98. The van der Waals surface area contributed by atoms with Crippen LogP contribution in [0, 0.1) is 5.92 Å². The molecule has 5 aromatic rings. The summed E-state index contributed by atoms with van der Waals surface area (Å²) in [5, 5.41) is 4.96. The van der Waals surface area contributed by atoms with Crippen LogP contribution >= 0.6 is 0 Å². The number of H-pyrrole nitrogens is 2. The highest BCUT2D eigenvalue weighted by Crippen LogP contribution is 2.49. The fourth-order valence-corrected chi connectivity index (χ4v) is 7.64. The number of methoxy groups -OCH3 is 1. The van der Waals surface area contributed by atoms with Crippen LogP contribution in [0.4, 0.5) is 4.79 Å². The highest BCUT2D eigenvalue weighted by molar-refractivity contribution is 5.84. The van der Waals surface area contributed by atoms with Crippen molar-refractivity contribution >= 4 is 35.4 Å². The van der Waals surface area contributed by atoms with E-state index in [9.17, 15) is 19.2 Å². The van der Waals surface area contributed by atoms with E-state index >= 15 is 0 Å². The Morgan fingerprint density at radius 2 is 1.63 bits per heavy atom. The predicted octanol–water partition coefficient (Wildman–Crippen LogP) is 5.18. The molecule has 0 spiro atoms. The molecular weight excluding hydrogens is 660 g/mol. The van der Waals surface area contributed by atoms with E-state index in [1.165, 1.54) is 7.11 Å². The van der Waals surface area contributed by atoms with Crippen molar-refractivity contribution in [2.75, 3.05) is 26.7 Å². The number of aromatic amines is 2. The van der Waals surface area contributed by atoms with Gasteiger partial charge in [-0.15, -0.1) is 0 Å². The molecule has 4 N–H and O–H groups in total. The SMILES string of the molecule is CCCN(Cc1nc2ccc(-c3ccc(-c4ccc(-c5cnc([C@@H]6[C@H]7CC[C@H](C7)N6C(=O)CNC=O)[nH]5)cc4)cc3)cc2[nH]1)C(=O)CNC(=O)OC. The minimum absolute atomic E-state index is 0.00286. The van der Waals surface area contributed by atoms with Crippen molar-refractivity contribution < 1.29 is 23.9 Å². The highest BCUT2D eigenvalue weighted by Gasteiger charge is 2.49. The molecule has 1 aliphatic carbocycles. The maximum Gasteiger partial charge on any atom is 0.407 e. The van der Waals surface area contributed by atoms with Crippen molar-refractivity contribution in [3.05, 3.63) is 84.6 Å². The number of carbonyl (C=O) groups is 4. The molecule has 3 heterocycles. The fourth-order valence-electron chi connectivity index (χ4n) is 7.64. The zero-order valence-electron chi connectivity index (χ0n) is 29.2. The zero-order chi connectivity index (χ0) is 36.2. The lowest BCUT2D eigenvalue weighted by molar-refractivity contribution is -0.135. The van der Waals surface area contributed by atoms with E-state index in [1.54, 1.807) is 4.90 Å². The summed E-state index contributed by atoms with van der Waals surface area (Å²) >= 11 is 0. The van der Waals surface area contributed by atoms with Gasteiger partial charge in [-0.05, 0) is 71.6 Å². The summed E-state index contributed by atoms with van der Waals surface area (Å²) in [6.07, 6.45) is 5.57. The smallest absolute Gasteiger partial charge is 0.407 e. The number of imidazole rings is 2. The van der Waals surface area contributed by atoms with E-state index < -0.39 is 6.09 Å². The first-order chi connectivity index (χ1) is 25.3. The molecule has 2 aromatic heterocycles. The predicted molar refractivity (Wildman–Crippen MR) is 195 cm³/mol. The number of carbonyl (C=O) groups excluding carboxylic acids is 4. The number of hydrogen-bond acceptors (Lipinski definition) is 7. The molecule has 2 aliphatic rings. The van der Waals surface area contributed by atoms with Gasteiger partial charge in [0.1, 0.15) is 18.2 Å². The number of alkyl carbamates (subject to hydrolysis) is 1. The molecule has 0 unspecified atom stereocenters. The molecule has 3 atom stereocenters. The number of aromatic nitrogens is 4.